The van der Waals surface area contributed by atoms with Crippen molar-refractivity contribution in [3.8, 4) is 0 Å². The molecule has 0 radical (unpaired) electrons. The van der Waals surface area contributed by atoms with Gasteiger partial charge in [0.1, 0.15) is 6.04 Å². The van der Waals surface area contributed by atoms with Crippen molar-refractivity contribution in [3.63, 3.8) is 0 Å². The topological polar surface area (TPSA) is 183 Å². The molecule has 3 saturated carbocycles. The van der Waals surface area contributed by atoms with E-state index in [9.17, 15) is 33.6 Å². The van der Waals surface area contributed by atoms with Crippen molar-refractivity contribution in [2.24, 2.45) is 40.4 Å². The Balaban J connectivity index is 1.48. The molecule has 3 aliphatic rings. The van der Waals surface area contributed by atoms with Crippen LogP contribution >= 0.6 is 0 Å². The van der Waals surface area contributed by atoms with E-state index in [1.165, 1.54) is 4.90 Å². The molecule has 1 aromatic carbocycles. The molecule has 13 heteroatoms. The van der Waals surface area contributed by atoms with E-state index in [2.05, 4.69) is 40.4 Å². The van der Waals surface area contributed by atoms with Gasteiger partial charge in [0.15, 0.2) is 5.78 Å². The minimum Gasteiger partial charge on any atom is -0.347 e. The fourth-order valence-corrected chi connectivity index (χ4v) is 8.07. The Morgan fingerprint density at radius 2 is 1.51 bits per heavy atom. The van der Waals surface area contributed by atoms with Crippen LogP contribution in [0, 0.1) is 40.4 Å². The number of urea groups is 1. The molecule has 5 N–H and O–H groups in total. The van der Waals surface area contributed by atoms with Crippen LogP contribution in [0.2, 0.25) is 0 Å². The number of hydrogen-bond acceptors (Lipinski definition) is 7. The van der Waals surface area contributed by atoms with Crippen LogP contribution in [0.25, 0.3) is 0 Å². The van der Waals surface area contributed by atoms with Gasteiger partial charge >= 0.3 is 6.03 Å². The molecule has 0 aromatic heterocycles. The third kappa shape index (κ3) is 10.0. The Kier molecular flexibility index (Phi) is 12.5. The predicted octanol–water partition coefficient (Wildman–Crippen LogP) is 3.28. The Labute approximate surface area is 313 Å². The van der Waals surface area contributed by atoms with Crippen LogP contribution in [0.15, 0.2) is 30.3 Å². The first kappa shape index (κ1) is 41.5. The molecule has 0 spiro atoms. The van der Waals surface area contributed by atoms with Crippen LogP contribution in [-0.2, 0) is 28.8 Å². The number of nitrogens with zero attached hydrogens (tertiary/aromatic N) is 1. The van der Waals surface area contributed by atoms with Gasteiger partial charge < -0.3 is 31.5 Å². The van der Waals surface area contributed by atoms with Crippen molar-refractivity contribution in [1.29, 1.82) is 0 Å². The summed E-state index contributed by atoms with van der Waals surface area (Å²) in [6.07, 6.45) is 3.46. The molecule has 1 aromatic rings. The molecule has 3 fully saturated rings. The maximum atomic E-state index is 14.3. The summed E-state index contributed by atoms with van der Waals surface area (Å²) in [5.41, 5.74) is -0.793. The lowest BCUT2D eigenvalue weighted by Crippen LogP contribution is -2.58. The van der Waals surface area contributed by atoms with E-state index < -0.39 is 77.0 Å². The highest BCUT2D eigenvalue weighted by Gasteiger charge is 2.70. The summed E-state index contributed by atoms with van der Waals surface area (Å²) in [7, 11) is 3.14. The zero-order valence-electron chi connectivity index (χ0n) is 33.1. The minimum absolute atomic E-state index is 0.0973. The Morgan fingerprint density at radius 3 is 2.04 bits per heavy atom. The van der Waals surface area contributed by atoms with E-state index in [-0.39, 0.29) is 41.3 Å². The lowest BCUT2D eigenvalue weighted by atomic mass is 9.73. The number of nitrogens with one attached hydrogen (secondary N) is 5. The van der Waals surface area contributed by atoms with Crippen molar-refractivity contribution < 1.29 is 33.6 Å². The number of ketones is 2. The highest BCUT2D eigenvalue weighted by atomic mass is 16.2. The SMILES string of the molecule is CN(C)C(=O)[C@@H](NC(=O)CNC(=O)C(=O)C(CC1CCC1)NC(=O)[C@H]1C(C(=O)[C@@H](NC(=O)NC(C)(C)C)C(C)(C)C)C[C@H]2[C@@H]1C2(C)C)c1ccccc1. The summed E-state index contributed by atoms with van der Waals surface area (Å²) in [5.74, 6) is -4.86. The van der Waals surface area contributed by atoms with Gasteiger partial charge in [0.05, 0.1) is 24.5 Å². The van der Waals surface area contributed by atoms with E-state index in [1.807, 2.05) is 41.5 Å². The second-order valence-corrected chi connectivity index (χ2v) is 18.2. The van der Waals surface area contributed by atoms with Crippen LogP contribution in [0.1, 0.15) is 99.1 Å². The summed E-state index contributed by atoms with van der Waals surface area (Å²) in [5, 5.41) is 13.6. The molecule has 7 atom stereocenters. The van der Waals surface area contributed by atoms with Gasteiger partial charge in [-0.2, -0.15) is 0 Å². The first-order valence-electron chi connectivity index (χ1n) is 18.8. The van der Waals surface area contributed by atoms with Crippen LogP contribution in [-0.4, -0.2) is 84.4 Å². The van der Waals surface area contributed by atoms with Crippen molar-refractivity contribution in [2.75, 3.05) is 20.6 Å². The first-order chi connectivity index (χ1) is 24.5. The maximum Gasteiger partial charge on any atom is 0.315 e. The van der Waals surface area contributed by atoms with Gasteiger partial charge in [-0.25, -0.2) is 4.79 Å². The molecule has 0 saturated heterocycles. The standard InChI is InChI=1S/C40H60N6O7/c1-38(2,3)33(44-37(53)45-39(4,5)6)31(48)24-20-25-29(40(25,7)8)28(24)34(50)42-26(19-22-15-14-16-22)32(49)35(51)41-21-27(47)43-30(36(52)46(9)10)23-17-12-11-13-18-23/h11-13,17-18,22,24-26,28-30,33H,14-16,19-21H2,1-10H3,(H,41,51)(H,42,50)(H,43,47)(H2,44,45,53)/t24?,25-,26?,28-,29-,30-,33+/m0/s1. The average molecular weight is 737 g/mol. The number of carbonyl (C=O) groups excluding carboxylic acids is 7. The van der Waals surface area contributed by atoms with Gasteiger partial charge in [0.25, 0.3) is 5.91 Å². The largest absolute Gasteiger partial charge is 0.347 e. The van der Waals surface area contributed by atoms with Gasteiger partial charge in [-0.1, -0.05) is 84.2 Å². The number of fused-ring (bicyclic) bond motifs is 1. The summed E-state index contributed by atoms with van der Waals surface area (Å²) >= 11 is 0. The van der Waals surface area contributed by atoms with Crippen LogP contribution in [0.4, 0.5) is 4.79 Å². The Bertz CT molecular complexity index is 1570. The van der Waals surface area contributed by atoms with E-state index >= 15 is 0 Å². The number of amides is 6. The molecule has 2 unspecified atom stereocenters. The van der Waals surface area contributed by atoms with Crippen molar-refractivity contribution in [2.45, 2.75) is 111 Å². The third-order valence-corrected chi connectivity index (χ3v) is 11.2. The number of likely N-dealkylation sites (N-methyl/N-ethyl adjacent to an activating group) is 1. The predicted molar refractivity (Wildman–Crippen MR) is 200 cm³/mol. The molecule has 0 heterocycles. The van der Waals surface area contributed by atoms with Crippen LogP contribution in [0.3, 0.4) is 0 Å². The molecular weight excluding hydrogens is 676 g/mol. The summed E-state index contributed by atoms with van der Waals surface area (Å²) in [6, 6.07) is 5.22. The van der Waals surface area contributed by atoms with Gasteiger partial charge in [0, 0.05) is 25.6 Å². The fraction of sp³-hybridized carbons (Fsp3) is 0.675. The minimum atomic E-state index is -1.14. The number of hydrogen-bond donors (Lipinski definition) is 5. The smallest absolute Gasteiger partial charge is 0.315 e. The zero-order chi connectivity index (χ0) is 39.6. The molecule has 0 aliphatic heterocycles. The van der Waals surface area contributed by atoms with Gasteiger partial charge in [-0.3, -0.25) is 28.8 Å². The maximum absolute atomic E-state index is 14.3. The number of carbonyl (C=O) groups is 7. The third-order valence-electron chi connectivity index (χ3n) is 11.2. The van der Waals surface area contributed by atoms with Gasteiger partial charge in [-0.15, -0.1) is 0 Å². The van der Waals surface area contributed by atoms with Crippen LogP contribution in [0.5, 0.6) is 0 Å². The van der Waals surface area contributed by atoms with Gasteiger partial charge in [-0.05, 0) is 67.8 Å². The normalized spacial score (nSPS) is 23.5. The second-order valence-electron chi connectivity index (χ2n) is 18.2. The van der Waals surface area contributed by atoms with Gasteiger partial charge in [0.2, 0.25) is 23.5 Å². The molecule has 53 heavy (non-hydrogen) atoms. The molecule has 0 bridgehead atoms. The average Bonchev–Trinajstić information content (AvgIpc) is 3.35. The summed E-state index contributed by atoms with van der Waals surface area (Å²) in [6.45, 7) is 14.7. The molecule has 292 valence electrons. The molecule has 3 aliphatic carbocycles. The van der Waals surface area contributed by atoms with E-state index in [4.69, 9.17) is 0 Å². The number of Topliss-reactive ketones (excluding diaryl/α,β-unsaturated/α-hetero) is 2. The highest BCUT2D eigenvalue weighted by molar-refractivity contribution is 6.38. The summed E-state index contributed by atoms with van der Waals surface area (Å²) < 4.78 is 0. The lowest BCUT2D eigenvalue weighted by molar-refractivity contribution is -0.142. The fourth-order valence-electron chi connectivity index (χ4n) is 8.07. The monoisotopic (exact) mass is 736 g/mol. The van der Waals surface area contributed by atoms with E-state index in [0.717, 1.165) is 19.3 Å². The van der Waals surface area contributed by atoms with E-state index in [1.54, 1.807) is 44.4 Å². The highest BCUT2D eigenvalue weighted by Crippen LogP contribution is 2.71. The van der Waals surface area contributed by atoms with E-state index in [0.29, 0.717) is 12.0 Å². The number of benzene rings is 1. The Hall–Kier alpha value is -4.29. The summed E-state index contributed by atoms with van der Waals surface area (Å²) in [4.78, 5) is 95.7. The molecular formula is C40H60N6O7. The zero-order valence-corrected chi connectivity index (χ0v) is 33.1. The first-order valence-corrected chi connectivity index (χ1v) is 18.8. The van der Waals surface area contributed by atoms with Crippen molar-refractivity contribution in [3.05, 3.63) is 35.9 Å². The Morgan fingerprint density at radius 1 is 0.887 bits per heavy atom. The lowest BCUT2D eigenvalue weighted by Gasteiger charge is -2.36. The van der Waals surface area contributed by atoms with Crippen molar-refractivity contribution in [1.82, 2.24) is 31.5 Å². The second kappa shape index (κ2) is 16.0. The molecule has 6 amide bonds. The van der Waals surface area contributed by atoms with Crippen LogP contribution < -0.4 is 26.6 Å². The van der Waals surface area contributed by atoms with Crippen molar-refractivity contribution >= 4 is 41.2 Å². The quantitative estimate of drug-likeness (QED) is 0.182. The molecule has 4 rings (SSSR count). The number of rotatable bonds is 14. The molecule has 13 nitrogen and oxygen atoms in total.